The van der Waals surface area contributed by atoms with E-state index in [9.17, 15) is 0 Å². The number of nitrogens with one attached hydrogen (secondary N) is 2. The van der Waals surface area contributed by atoms with Crippen molar-refractivity contribution < 1.29 is 0 Å². The van der Waals surface area contributed by atoms with Crippen LogP contribution in [0.5, 0.6) is 0 Å². The van der Waals surface area contributed by atoms with Crippen LogP contribution >= 0.6 is 11.8 Å². The molecule has 0 rings (SSSR count). The van der Waals surface area contributed by atoms with Crippen LogP contribution in [0.2, 0.25) is 0 Å². The van der Waals surface area contributed by atoms with E-state index in [-0.39, 0.29) is 0 Å². The van der Waals surface area contributed by atoms with Crippen molar-refractivity contribution in [2.75, 3.05) is 12.9 Å². The highest BCUT2D eigenvalue weighted by molar-refractivity contribution is 8.11. The molecule has 0 bridgehead atoms. The van der Waals surface area contributed by atoms with Crippen molar-refractivity contribution in [2.45, 2.75) is 0 Å². The molecule has 0 amide bonds. The van der Waals surface area contributed by atoms with Gasteiger partial charge in [-0.3, -0.25) is 0 Å². The minimum Gasteiger partial charge on any atom is -0.311 e. The molecule has 0 aromatic heterocycles. The van der Waals surface area contributed by atoms with E-state index in [1.54, 1.807) is 0 Å². The Labute approximate surface area is 41.8 Å². The first kappa shape index (κ1) is 5.98. The third-order valence-electron chi connectivity index (χ3n) is 0.311. The van der Waals surface area contributed by atoms with E-state index in [0.717, 1.165) is 5.88 Å². The Hall–Kier alpha value is -0.0200. The van der Waals surface area contributed by atoms with Gasteiger partial charge in [-0.2, -0.15) is 0 Å². The SMILES string of the molecule is CNCSC=N. The Kier molecular flexibility index (Phi) is 4.96. The Morgan fingerprint density at radius 1 is 2.00 bits per heavy atom. The molecule has 0 fully saturated rings. The Balaban J connectivity index is 2.49. The molecule has 0 spiro atoms. The maximum atomic E-state index is 6.50. The molecule has 36 valence electrons. The van der Waals surface area contributed by atoms with Gasteiger partial charge in [0.2, 0.25) is 0 Å². The minimum atomic E-state index is 0.837. The van der Waals surface area contributed by atoms with Gasteiger partial charge in [-0.1, -0.05) is 11.8 Å². The predicted octanol–water partition coefficient (Wildman–Crippen LogP) is 0.504. The first-order valence-electron chi connectivity index (χ1n) is 1.67. The molecule has 0 aliphatic carbocycles. The molecule has 0 heterocycles. The molecule has 2 nitrogen and oxygen atoms in total. The lowest BCUT2D eigenvalue weighted by Crippen LogP contribution is -2.02. The largest absolute Gasteiger partial charge is 0.311 e. The van der Waals surface area contributed by atoms with Crippen LogP contribution in [0.1, 0.15) is 0 Å². The van der Waals surface area contributed by atoms with Crippen LogP contribution in [-0.2, 0) is 0 Å². The molecule has 0 aromatic carbocycles. The molecular weight excluding hydrogens is 96.1 g/mol. The van der Waals surface area contributed by atoms with Crippen molar-refractivity contribution in [3.63, 3.8) is 0 Å². The molecule has 0 aliphatic heterocycles. The molecule has 0 unspecified atom stereocenters. The summed E-state index contributed by atoms with van der Waals surface area (Å²) in [5.74, 6) is 0.837. The van der Waals surface area contributed by atoms with Gasteiger partial charge in [0.15, 0.2) is 0 Å². The summed E-state index contributed by atoms with van der Waals surface area (Å²) in [6.07, 6.45) is 0. The van der Waals surface area contributed by atoms with Gasteiger partial charge in [0.25, 0.3) is 0 Å². The Bertz CT molecular complexity index is 37.8. The lowest BCUT2D eigenvalue weighted by molar-refractivity contribution is 0.986. The first-order valence-corrected chi connectivity index (χ1v) is 2.72. The monoisotopic (exact) mass is 104 g/mol. The standard InChI is InChI=1S/C3H8N2S/c1-5-3-6-2-4/h2,4-5H,3H2,1H3. The number of rotatable bonds is 3. The second-order valence-corrected chi connectivity index (χ2v) is 1.64. The Morgan fingerprint density at radius 2 is 2.67 bits per heavy atom. The molecule has 0 saturated heterocycles. The van der Waals surface area contributed by atoms with Crippen LogP contribution in [0.3, 0.4) is 0 Å². The zero-order valence-electron chi connectivity index (χ0n) is 3.69. The molecular formula is C3H8N2S. The first-order chi connectivity index (χ1) is 2.91. The molecule has 0 saturated carbocycles. The second-order valence-electron chi connectivity index (χ2n) is 0.782. The van der Waals surface area contributed by atoms with Crippen LogP contribution in [0, 0.1) is 5.41 Å². The summed E-state index contributed by atoms with van der Waals surface area (Å²) >= 11 is 1.44. The van der Waals surface area contributed by atoms with Gasteiger partial charge in [-0.05, 0) is 7.05 Å². The summed E-state index contributed by atoms with van der Waals surface area (Å²) in [5.41, 5.74) is 1.32. The smallest absolute Gasteiger partial charge is 0.0519 e. The molecule has 2 N–H and O–H groups in total. The van der Waals surface area contributed by atoms with Crippen LogP contribution in [0.25, 0.3) is 0 Å². The lowest BCUT2D eigenvalue weighted by atomic mass is 11.3. The van der Waals surface area contributed by atoms with E-state index in [2.05, 4.69) is 5.32 Å². The van der Waals surface area contributed by atoms with Crippen molar-refractivity contribution in [3.8, 4) is 0 Å². The molecule has 3 heteroatoms. The molecule has 0 aromatic rings. The molecule has 0 aliphatic rings. The highest BCUT2D eigenvalue weighted by Crippen LogP contribution is 1.84. The van der Waals surface area contributed by atoms with Crippen LogP contribution in [-0.4, -0.2) is 18.5 Å². The van der Waals surface area contributed by atoms with E-state index < -0.39 is 0 Å². The van der Waals surface area contributed by atoms with Crippen molar-refractivity contribution in [3.05, 3.63) is 0 Å². The maximum Gasteiger partial charge on any atom is 0.0519 e. The average molecular weight is 104 g/mol. The van der Waals surface area contributed by atoms with Gasteiger partial charge in [0, 0.05) is 5.88 Å². The highest BCUT2D eigenvalue weighted by Gasteiger charge is 1.69. The number of hydrogen-bond donors (Lipinski definition) is 2. The topological polar surface area (TPSA) is 35.9 Å². The summed E-state index contributed by atoms with van der Waals surface area (Å²) in [6.45, 7) is 0. The zero-order chi connectivity index (χ0) is 4.83. The lowest BCUT2D eigenvalue weighted by Gasteiger charge is -1.85. The van der Waals surface area contributed by atoms with Crippen molar-refractivity contribution >= 4 is 17.3 Å². The third-order valence-corrected chi connectivity index (χ3v) is 0.933. The van der Waals surface area contributed by atoms with Gasteiger partial charge in [-0.15, -0.1) is 0 Å². The predicted molar refractivity (Wildman–Crippen MR) is 30.3 cm³/mol. The maximum absolute atomic E-state index is 6.50. The average Bonchev–Trinajstić information content (AvgIpc) is 1.61. The number of hydrogen-bond acceptors (Lipinski definition) is 3. The summed E-state index contributed by atoms with van der Waals surface area (Å²) in [4.78, 5) is 0. The molecule has 0 radical (unpaired) electrons. The van der Waals surface area contributed by atoms with E-state index in [4.69, 9.17) is 5.41 Å². The zero-order valence-corrected chi connectivity index (χ0v) is 4.51. The summed E-state index contributed by atoms with van der Waals surface area (Å²) in [5, 5.41) is 9.38. The van der Waals surface area contributed by atoms with Crippen LogP contribution < -0.4 is 5.32 Å². The van der Waals surface area contributed by atoms with Crippen molar-refractivity contribution in [2.24, 2.45) is 0 Å². The van der Waals surface area contributed by atoms with Crippen molar-refractivity contribution in [1.29, 1.82) is 5.41 Å². The molecule has 6 heavy (non-hydrogen) atoms. The normalized spacial score (nSPS) is 8.17. The molecule has 0 atom stereocenters. The summed E-state index contributed by atoms with van der Waals surface area (Å²) in [6, 6.07) is 0. The fraction of sp³-hybridized carbons (Fsp3) is 0.667. The van der Waals surface area contributed by atoms with E-state index >= 15 is 0 Å². The van der Waals surface area contributed by atoms with Gasteiger partial charge < -0.3 is 10.7 Å². The second kappa shape index (κ2) is 4.98. The number of thioether (sulfide) groups is 1. The fourth-order valence-electron chi connectivity index (χ4n) is 0.125. The quantitative estimate of drug-likeness (QED) is 0.237. The van der Waals surface area contributed by atoms with Gasteiger partial charge in [-0.25, -0.2) is 0 Å². The van der Waals surface area contributed by atoms with Crippen LogP contribution in [0.15, 0.2) is 0 Å². The van der Waals surface area contributed by atoms with Crippen LogP contribution in [0.4, 0.5) is 0 Å². The minimum absolute atomic E-state index is 0.837. The third kappa shape index (κ3) is 3.98. The summed E-state index contributed by atoms with van der Waals surface area (Å²) in [7, 11) is 1.86. The summed E-state index contributed by atoms with van der Waals surface area (Å²) < 4.78 is 0. The van der Waals surface area contributed by atoms with E-state index in [1.807, 2.05) is 7.05 Å². The van der Waals surface area contributed by atoms with E-state index in [0.29, 0.717) is 0 Å². The van der Waals surface area contributed by atoms with E-state index in [1.165, 1.54) is 17.3 Å². The van der Waals surface area contributed by atoms with Gasteiger partial charge in [0.1, 0.15) is 0 Å². The fourth-order valence-corrected chi connectivity index (χ4v) is 0.375. The van der Waals surface area contributed by atoms with Crippen molar-refractivity contribution in [1.82, 2.24) is 5.32 Å². The Morgan fingerprint density at radius 3 is 2.83 bits per heavy atom. The van der Waals surface area contributed by atoms with Gasteiger partial charge >= 0.3 is 0 Å². The van der Waals surface area contributed by atoms with Gasteiger partial charge in [0.05, 0.1) is 5.55 Å². The highest BCUT2D eigenvalue weighted by atomic mass is 32.2.